The lowest BCUT2D eigenvalue weighted by Crippen LogP contribution is -2.48. The minimum Gasteiger partial charge on any atom is -0.203 e. The summed E-state index contributed by atoms with van der Waals surface area (Å²) in [5.41, 5.74) is -5.22. The SMILES string of the molecule is CC(C)N(C(C)C)S(=O)(=O)C(F)(F)F. The van der Waals surface area contributed by atoms with Gasteiger partial charge in [-0.3, -0.25) is 0 Å². The van der Waals surface area contributed by atoms with Crippen LogP contribution in [-0.4, -0.2) is 30.3 Å². The molecule has 0 saturated carbocycles. The highest BCUT2D eigenvalue weighted by atomic mass is 32.2. The molecule has 0 bridgehead atoms. The minimum atomic E-state index is -5.22. The number of halogens is 3. The van der Waals surface area contributed by atoms with E-state index < -0.39 is 27.6 Å². The van der Waals surface area contributed by atoms with Gasteiger partial charge < -0.3 is 0 Å². The summed E-state index contributed by atoms with van der Waals surface area (Å²) in [7, 11) is -5.20. The Morgan fingerprint density at radius 1 is 1.00 bits per heavy atom. The second kappa shape index (κ2) is 4.06. The molecule has 0 radical (unpaired) electrons. The third-order valence-electron chi connectivity index (χ3n) is 1.59. The van der Waals surface area contributed by atoms with E-state index in [1.54, 1.807) is 0 Å². The van der Waals surface area contributed by atoms with E-state index in [-0.39, 0.29) is 0 Å². The molecule has 86 valence electrons. The van der Waals surface area contributed by atoms with Crippen molar-refractivity contribution in [3.05, 3.63) is 0 Å². The van der Waals surface area contributed by atoms with Crippen LogP contribution in [0.1, 0.15) is 27.7 Å². The van der Waals surface area contributed by atoms with Crippen LogP contribution in [0.4, 0.5) is 13.2 Å². The first kappa shape index (κ1) is 13.7. The molecule has 0 aromatic carbocycles. The van der Waals surface area contributed by atoms with Crippen molar-refractivity contribution in [2.24, 2.45) is 0 Å². The summed E-state index contributed by atoms with van der Waals surface area (Å²) in [5.74, 6) is 0. The van der Waals surface area contributed by atoms with E-state index in [1.165, 1.54) is 27.7 Å². The van der Waals surface area contributed by atoms with Crippen molar-refractivity contribution >= 4 is 10.0 Å². The van der Waals surface area contributed by atoms with E-state index in [4.69, 9.17) is 0 Å². The van der Waals surface area contributed by atoms with Crippen LogP contribution in [-0.2, 0) is 10.0 Å². The van der Waals surface area contributed by atoms with Crippen molar-refractivity contribution in [3.63, 3.8) is 0 Å². The number of hydrogen-bond acceptors (Lipinski definition) is 2. The standard InChI is InChI=1S/C7H14F3NO2S/c1-5(2)11(6(3)4)14(12,13)7(8,9)10/h5-6H,1-4H3. The molecule has 0 aromatic rings. The van der Waals surface area contributed by atoms with E-state index >= 15 is 0 Å². The van der Waals surface area contributed by atoms with Crippen molar-refractivity contribution in [2.75, 3.05) is 0 Å². The Balaban J connectivity index is 5.24. The molecule has 0 heterocycles. The zero-order valence-corrected chi connectivity index (χ0v) is 9.28. The number of hydrogen-bond donors (Lipinski definition) is 0. The third kappa shape index (κ3) is 2.60. The molecule has 7 heteroatoms. The van der Waals surface area contributed by atoms with Gasteiger partial charge in [0.1, 0.15) is 0 Å². The first-order valence-corrected chi connectivity index (χ1v) is 5.55. The summed E-state index contributed by atoms with van der Waals surface area (Å²) in [6.45, 7) is 5.62. The molecule has 0 saturated heterocycles. The van der Waals surface area contributed by atoms with Crippen LogP contribution in [0.2, 0.25) is 0 Å². The maximum absolute atomic E-state index is 12.2. The van der Waals surface area contributed by atoms with E-state index in [2.05, 4.69) is 0 Å². The second-order valence-corrected chi connectivity index (χ2v) is 5.30. The van der Waals surface area contributed by atoms with Gasteiger partial charge in [0, 0.05) is 12.1 Å². The Hall–Kier alpha value is -0.300. The highest BCUT2D eigenvalue weighted by molar-refractivity contribution is 7.90. The molecule has 0 fully saturated rings. The van der Waals surface area contributed by atoms with Gasteiger partial charge in [0.25, 0.3) is 0 Å². The molecule has 14 heavy (non-hydrogen) atoms. The average Bonchev–Trinajstić information content (AvgIpc) is 1.79. The van der Waals surface area contributed by atoms with Gasteiger partial charge in [-0.1, -0.05) is 0 Å². The largest absolute Gasteiger partial charge is 0.511 e. The first-order valence-electron chi connectivity index (χ1n) is 4.11. The summed E-state index contributed by atoms with van der Waals surface area (Å²) < 4.78 is 59.0. The Bertz CT molecular complexity index is 274. The molecule has 0 spiro atoms. The summed E-state index contributed by atoms with van der Waals surface area (Å²) in [5, 5.41) is 0. The average molecular weight is 233 g/mol. The molecule has 0 aliphatic rings. The fourth-order valence-electron chi connectivity index (χ4n) is 1.27. The van der Waals surface area contributed by atoms with Crippen LogP contribution >= 0.6 is 0 Å². The Kier molecular flexibility index (Phi) is 3.97. The quantitative estimate of drug-likeness (QED) is 0.747. The van der Waals surface area contributed by atoms with E-state index in [0.717, 1.165) is 0 Å². The predicted molar refractivity (Wildman–Crippen MR) is 47.1 cm³/mol. The van der Waals surface area contributed by atoms with Crippen molar-refractivity contribution in [1.29, 1.82) is 0 Å². The molecule has 0 aliphatic carbocycles. The Labute approximate surface area is 81.9 Å². The zero-order valence-electron chi connectivity index (χ0n) is 8.46. The number of nitrogens with zero attached hydrogens (tertiary/aromatic N) is 1. The summed E-state index contributed by atoms with van der Waals surface area (Å²) >= 11 is 0. The fraction of sp³-hybridized carbons (Fsp3) is 1.00. The monoisotopic (exact) mass is 233 g/mol. The maximum atomic E-state index is 12.2. The van der Waals surface area contributed by atoms with Gasteiger partial charge in [-0.15, -0.1) is 0 Å². The van der Waals surface area contributed by atoms with Gasteiger partial charge in [-0.05, 0) is 27.7 Å². The Morgan fingerprint density at radius 3 is 1.36 bits per heavy atom. The number of sulfonamides is 1. The molecule has 0 rings (SSSR count). The van der Waals surface area contributed by atoms with Gasteiger partial charge in [-0.25, -0.2) is 8.42 Å². The van der Waals surface area contributed by atoms with Gasteiger partial charge in [0.2, 0.25) is 0 Å². The van der Waals surface area contributed by atoms with Crippen molar-refractivity contribution in [2.45, 2.75) is 45.3 Å². The summed E-state index contributed by atoms with van der Waals surface area (Å²) in [6.07, 6.45) is 0. The molecule has 3 nitrogen and oxygen atoms in total. The molecule has 0 unspecified atom stereocenters. The fourth-order valence-corrected chi connectivity index (χ4v) is 2.62. The van der Waals surface area contributed by atoms with Gasteiger partial charge in [-0.2, -0.15) is 17.5 Å². The van der Waals surface area contributed by atoms with Crippen LogP contribution in [0.15, 0.2) is 0 Å². The van der Waals surface area contributed by atoms with Crippen LogP contribution in [0.25, 0.3) is 0 Å². The maximum Gasteiger partial charge on any atom is 0.511 e. The molecule has 0 aromatic heterocycles. The molecule has 0 N–H and O–H groups in total. The first-order chi connectivity index (χ1) is 6.01. The molecule has 0 amide bonds. The highest BCUT2D eigenvalue weighted by Crippen LogP contribution is 2.29. The highest BCUT2D eigenvalue weighted by Gasteiger charge is 2.51. The summed E-state index contributed by atoms with van der Waals surface area (Å²) in [6, 6.07) is -1.41. The smallest absolute Gasteiger partial charge is 0.203 e. The van der Waals surface area contributed by atoms with Crippen molar-refractivity contribution in [1.82, 2.24) is 4.31 Å². The topological polar surface area (TPSA) is 37.4 Å². The lowest BCUT2D eigenvalue weighted by atomic mass is 10.3. The minimum absolute atomic E-state index is 0.451. The van der Waals surface area contributed by atoms with Crippen LogP contribution < -0.4 is 0 Å². The van der Waals surface area contributed by atoms with Gasteiger partial charge in [0.05, 0.1) is 0 Å². The van der Waals surface area contributed by atoms with Crippen molar-refractivity contribution in [3.8, 4) is 0 Å². The van der Waals surface area contributed by atoms with E-state index in [9.17, 15) is 21.6 Å². The van der Waals surface area contributed by atoms with Crippen molar-refractivity contribution < 1.29 is 21.6 Å². The lowest BCUT2D eigenvalue weighted by molar-refractivity contribution is -0.0507. The Morgan fingerprint density at radius 2 is 1.29 bits per heavy atom. The predicted octanol–water partition coefficient (Wildman–Crippen LogP) is 1.95. The van der Waals surface area contributed by atoms with E-state index in [0.29, 0.717) is 4.31 Å². The number of rotatable bonds is 3. The van der Waals surface area contributed by atoms with Crippen LogP contribution in [0.3, 0.4) is 0 Å². The molecule has 0 aliphatic heterocycles. The number of alkyl halides is 3. The molecule has 0 atom stereocenters. The van der Waals surface area contributed by atoms with E-state index in [1.807, 2.05) is 0 Å². The third-order valence-corrected chi connectivity index (χ3v) is 3.57. The van der Waals surface area contributed by atoms with Crippen LogP contribution in [0, 0.1) is 0 Å². The normalized spacial score (nSPS) is 14.4. The summed E-state index contributed by atoms with van der Waals surface area (Å²) in [4.78, 5) is 0. The molecular formula is C7H14F3NO2S. The van der Waals surface area contributed by atoms with Gasteiger partial charge >= 0.3 is 15.5 Å². The second-order valence-electron chi connectivity index (χ2n) is 3.47. The lowest BCUT2D eigenvalue weighted by Gasteiger charge is -2.29. The van der Waals surface area contributed by atoms with Gasteiger partial charge in [0.15, 0.2) is 0 Å². The molecular weight excluding hydrogens is 219 g/mol. The van der Waals surface area contributed by atoms with Crippen LogP contribution in [0.5, 0.6) is 0 Å². The zero-order chi connectivity index (χ0) is 11.7.